The Morgan fingerprint density at radius 2 is 2.19 bits per heavy atom. The molecule has 4 nitrogen and oxygen atoms in total. The molecule has 1 heterocycles. The van der Waals surface area contributed by atoms with Crippen LogP contribution in [-0.2, 0) is 0 Å². The van der Waals surface area contributed by atoms with Gasteiger partial charge in [-0.3, -0.25) is 0 Å². The van der Waals surface area contributed by atoms with E-state index in [1.807, 2.05) is 0 Å². The Bertz CT molecular complexity index is 523. The summed E-state index contributed by atoms with van der Waals surface area (Å²) in [7, 11) is 1.41. The van der Waals surface area contributed by atoms with Gasteiger partial charge >= 0.3 is 0 Å². The normalized spacial score (nSPS) is 10.4. The highest BCUT2D eigenvalue weighted by Crippen LogP contribution is 2.30. The lowest BCUT2D eigenvalue weighted by atomic mass is 10.1. The predicted octanol–water partition coefficient (Wildman–Crippen LogP) is 2.38. The molecular formula is C11H11FN2O2. The van der Waals surface area contributed by atoms with E-state index in [4.69, 9.17) is 15.0 Å². The average molecular weight is 222 g/mol. The minimum absolute atomic E-state index is 0.179. The molecule has 0 saturated carbocycles. The quantitative estimate of drug-likeness (QED) is 0.847. The van der Waals surface area contributed by atoms with Crippen LogP contribution in [0.5, 0.6) is 5.75 Å². The molecule has 0 bridgehead atoms. The molecule has 0 amide bonds. The highest BCUT2D eigenvalue weighted by Gasteiger charge is 2.13. The lowest BCUT2D eigenvalue weighted by Crippen LogP contribution is -1.91. The Kier molecular flexibility index (Phi) is 2.52. The topological polar surface area (TPSA) is 61.3 Å². The molecule has 0 aliphatic heterocycles. The number of aryl methyl sites for hydroxylation is 1. The van der Waals surface area contributed by atoms with Crippen LogP contribution in [0, 0.1) is 12.7 Å². The second kappa shape index (κ2) is 3.84. The van der Waals surface area contributed by atoms with E-state index >= 15 is 0 Å². The van der Waals surface area contributed by atoms with Crippen LogP contribution in [-0.4, -0.2) is 12.3 Å². The highest BCUT2D eigenvalue weighted by molar-refractivity contribution is 5.72. The minimum Gasteiger partial charge on any atom is -0.494 e. The zero-order chi connectivity index (χ0) is 11.7. The molecule has 5 heteroatoms. The Morgan fingerprint density at radius 3 is 2.69 bits per heavy atom. The van der Waals surface area contributed by atoms with Crippen molar-refractivity contribution in [2.45, 2.75) is 6.92 Å². The molecular weight excluding hydrogens is 211 g/mol. The molecule has 2 aromatic rings. The molecule has 0 saturated heterocycles. The third-order valence-electron chi connectivity index (χ3n) is 2.32. The maximum absolute atomic E-state index is 13.4. The van der Waals surface area contributed by atoms with Crippen LogP contribution in [0.4, 0.5) is 10.1 Å². The number of aromatic nitrogens is 1. The molecule has 1 aromatic heterocycles. The fourth-order valence-electron chi connectivity index (χ4n) is 1.39. The summed E-state index contributed by atoms with van der Waals surface area (Å²) in [6.07, 6.45) is 0. The van der Waals surface area contributed by atoms with Crippen LogP contribution in [0.2, 0.25) is 0 Å². The van der Waals surface area contributed by atoms with E-state index in [2.05, 4.69) is 5.16 Å². The number of methoxy groups -OCH3 is 1. The highest BCUT2D eigenvalue weighted by atomic mass is 19.1. The lowest BCUT2D eigenvalue weighted by Gasteiger charge is -2.03. The van der Waals surface area contributed by atoms with Gasteiger partial charge in [0.25, 0.3) is 0 Å². The van der Waals surface area contributed by atoms with Gasteiger partial charge in [-0.15, -0.1) is 0 Å². The van der Waals surface area contributed by atoms with Gasteiger partial charge in [-0.2, -0.15) is 0 Å². The summed E-state index contributed by atoms with van der Waals surface area (Å²) in [5.41, 5.74) is 7.29. The summed E-state index contributed by atoms with van der Waals surface area (Å²) in [6, 6.07) is 4.48. The molecule has 2 N–H and O–H groups in total. The van der Waals surface area contributed by atoms with Crippen molar-refractivity contribution in [1.82, 2.24) is 5.16 Å². The summed E-state index contributed by atoms with van der Waals surface area (Å²) in [4.78, 5) is 0. The first kappa shape index (κ1) is 10.5. The molecule has 0 radical (unpaired) electrons. The Labute approximate surface area is 91.8 Å². The fraction of sp³-hybridized carbons (Fsp3) is 0.182. The van der Waals surface area contributed by atoms with Crippen molar-refractivity contribution in [2.24, 2.45) is 0 Å². The molecule has 0 fully saturated rings. The van der Waals surface area contributed by atoms with Crippen molar-refractivity contribution < 1.29 is 13.7 Å². The number of benzene rings is 1. The summed E-state index contributed by atoms with van der Waals surface area (Å²) in [6.45, 7) is 1.72. The monoisotopic (exact) mass is 222 g/mol. The molecule has 0 aliphatic rings. The van der Waals surface area contributed by atoms with Crippen LogP contribution in [0.1, 0.15) is 5.69 Å². The van der Waals surface area contributed by atoms with Gasteiger partial charge in [-0.1, -0.05) is 5.16 Å². The number of anilines is 1. The predicted molar refractivity (Wildman–Crippen MR) is 57.6 cm³/mol. The van der Waals surface area contributed by atoms with E-state index in [1.165, 1.54) is 19.2 Å². The summed E-state index contributed by atoms with van der Waals surface area (Å²) in [5.74, 6) is 0.0889. The van der Waals surface area contributed by atoms with Crippen LogP contribution >= 0.6 is 0 Å². The zero-order valence-corrected chi connectivity index (χ0v) is 8.95. The molecule has 0 unspecified atom stereocenters. The Hall–Kier alpha value is -2.04. The van der Waals surface area contributed by atoms with Gasteiger partial charge < -0.3 is 15.0 Å². The van der Waals surface area contributed by atoms with E-state index in [-0.39, 0.29) is 5.75 Å². The summed E-state index contributed by atoms with van der Waals surface area (Å²) in [5, 5.41) is 3.71. The van der Waals surface area contributed by atoms with Gasteiger partial charge in [0.15, 0.2) is 17.3 Å². The van der Waals surface area contributed by atoms with Crippen LogP contribution < -0.4 is 10.5 Å². The molecule has 84 valence electrons. The fourth-order valence-corrected chi connectivity index (χ4v) is 1.39. The van der Waals surface area contributed by atoms with E-state index in [0.717, 1.165) is 0 Å². The Morgan fingerprint density at radius 1 is 1.44 bits per heavy atom. The number of halogens is 1. The number of nitrogens with zero attached hydrogens (tertiary/aromatic N) is 1. The van der Waals surface area contributed by atoms with Gasteiger partial charge in [0, 0.05) is 5.56 Å². The van der Waals surface area contributed by atoms with Gasteiger partial charge in [0.2, 0.25) is 0 Å². The van der Waals surface area contributed by atoms with Crippen molar-refractivity contribution in [3.05, 3.63) is 29.7 Å². The zero-order valence-electron chi connectivity index (χ0n) is 8.95. The number of hydrogen-bond donors (Lipinski definition) is 1. The third kappa shape index (κ3) is 1.60. The maximum atomic E-state index is 13.4. The molecule has 0 aliphatic carbocycles. The largest absolute Gasteiger partial charge is 0.494 e. The van der Waals surface area contributed by atoms with E-state index in [1.54, 1.807) is 13.0 Å². The Balaban J connectivity index is 2.49. The first-order valence-electron chi connectivity index (χ1n) is 4.69. The van der Waals surface area contributed by atoms with Crippen molar-refractivity contribution in [1.29, 1.82) is 0 Å². The number of nitrogen functional groups attached to an aromatic ring is 1. The second-order valence-corrected chi connectivity index (χ2v) is 3.36. The van der Waals surface area contributed by atoms with Gasteiger partial charge in [0.1, 0.15) is 11.4 Å². The maximum Gasteiger partial charge on any atom is 0.190 e. The molecule has 0 spiro atoms. The van der Waals surface area contributed by atoms with Crippen molar-refractivity contribution in [3.8, 4) is 17.1 Å². The standard InChI is InChI=1S/C11H11FN2O2/c1-6-10(13)11(16-14-6)7-3-4-9(15-2)8(12)5-7/h3-5H,13H2,1-2H3. The number of hydrogen-bond acceptors (Lipinski definition) is 4. The van der Waals surface area contributed by atoms with Gasteiger partial charge in [-0.25, -0.2) is 4.39 Å². The average Bonchev–Trinajstić information content (AvgIpc) is 2.60. The summed E-state index contributed by atoms with van der Waals surface area (Å²) >= 11 is 0. The molecule has 0 atom stereocenters. The van der Waals surface area contributed by atoms with Gasteiger partial charge in [-0.05, 0) is 25.1 Å². The van der Waals surface area contributed by atoms with E-state index in [0.29, 0.717) is 22.7 Å². The molecule has 16 heavy (non-hydrogen) atoms. The first-order valence-corrected chi connectivity index (χ1v) is 4.69. The van der Waals surface area contributed by atoms with E-state index < -0.39 is 5.82 Å². The van der Waals surface area contributed by atoms with Crippen molar-refractivity contribution in [2.75, 3.05) is 12.8 Å². The van der Waals surface area contributed by atoms with Crippen molar-refractivity contribution >= 4 is 5.69 Å². The SMILES string of the molecule is COc1ccc(-c2onc(C)c2N)cc1F. The number of rotatable bonds is 2. The van der Waals surface area contributed by atoms with Crippen molar-refractivity contribution in [3.63, 3.8) is 0 Å². The summed E-state index contributed by atoms with van der Waals surface area (Å²) < 4.78 is 23.3. The number of nitrogens with two attached hydrogens (primary N) is 1. The second-order valence-electron chi connectivity index (χ2n) is 3.36. The molecule has 2 rings (SSSR count). The minimum atomic E-state index is -0.464. The number of ether oxygens (including phenoxy) is 1. The third-order valence-corrected chi connectivity index (χ3v) is 2.32. The first-order chi connectivity index (χ1) is 7.63. The van der Waals surface area contributed by atoms with E-state index in [9.17, 15) is 4.39 Å². The van der Waals surface area contributed by atoms with Crippen LogP contribution in [0.25, 0.3) is 11.3 Å². The lowest BCUT2D eigenvalue weighted by molar-refractivity contribution is 0.386. The van der Waals surface area contributed by atoms with Crippen LogP contribution in [0.15, 0.2) is 22.7 Å². The molecule has 1 aromatic carbocycles. The van der Waals surface area contributed by atoms with Gasteiger partial charge in [0.05, 0.1) is 7.11 Å². The smallest absolute Gasteiger partial charge is 0.190 e. The van der Waals surface area contributed by atoms with Crippen LogP contribution in [0.3, 0.4) is 0 Å².